The highest BCUT2D eigenvalue weighted by atomic mass is 35.5. The van der Waals surface area contributed by atoms with Crippen LogP contribution in [0.25, 0.3) is 0 Å². The number of Topliss-reactive ketones (excluding diaryl/α,β-unsaturated/α-hetero) is 3. The Kier molecular flexibility index (Phi) is 28.9. The molecule has 4 aromatic carbocycles. The Balaban J connectivity index is 0.000000244. The van der Waals surface area contributed by atoms with Gasteiger partial charge in [-0.05, 0) is 54.9 Å². The van der Waals surface area contributed by atoms with Crippen molar-refractivity contribution in [2.45, 2.75) is 105 Å². The Morgan fingerprint density at radius 1 is 0.623 bits per heavy atom. The SMILES string of the molecule is CCC1CN(Cc2ccccc2)CC1=O.CCCCC1(C(=O)OCC)CN(Cc2ccccc2)CC1=O.CCCCC1CN(Cc2ccccc2)CC1=O.ClCCCOCc1ccccc1.O=C=O. The summed E-state index contributed by atoms with van der Waals surface area (Å²) in [6.07, 6.45) is 8.00. The van der Waals surface area contributed by atoms with Crippen LogP contribution in [0.4, 0.5) is 0 Å². The summed E-state index contributed by atoms with van der Waals surface area (Å²) in [4.78, 5) is 71.2. The summed E-state index contributed by atoms with van der Waals surface area (Å²) in [6.45, 7) is 16.4. The second-order valence-corrected chi connectivity index (χ2v) is 18.2. The number of esters is 1. The summed E-state index contributed by atoms with van der Waals surface area (Å²) in [7, 11) is 0. The molecule has 0 saturated carbocycles. The average Bonchev–Trinajstić information content (AvgIpc) is 4.02. The van der Waals surface area contributed by atoms with Crippen LogP contribution in [0.3, 0.4) is 0 Å². The molecular formula is C57H76ClN3O8. The lowest BCUT2D eigenvalue weighted by Gasteiger charge is -2.25. The van der Waals surface area contributed by atoms with Gasteiger partial charge in [-0.3, -0.25) is 33.9 Å². The molecule has 69 heavy (non-hydrogen) atoms. The zero-order chi connectivity index (χ0) is 50.1. The first kappa shape index (κ1) is 58.2. The van der Waals surface area contributed by atoms with Gasteiger partial charge in [-0.25, -0.2) is 0 Å². The molecule has 0 spiro atoms. The van der Waals surface area contributed by atoms with Crippen LogP contribution >= 0.6 is 11.6 Å². The van der Waals surface area contributed by atoms with Crippen molar-refractivity contribution in [1.29, 1.82) is 0 Å². The Morgan fingerprint density at radius 2 is 1.07 bits per heavy atom. The van der Waals surface area contributed by atoms with Crippen molar-refractivity contribution in [3.05, 3.63) is 144 Å². The summed E-state index contributed by atoms with van der Waals surface area (Å²) in [6, 6.07) is 40.9. The van der Waals surface area contributed by atoms with E-state index in [0.29, 0.717) is 75.7 Å². The minimum Gasteiger partial charge on any atom is -0.465 e. The normalized spacial score (nSPS) is 18.9. The van der Waals surface area contributed by atoms with E-state index in [0.717, 1.165) is 70.5 Å². The molecule has 374 valence electrons. The van der Waals surface area contributed by atoms with Gasteiger partial charge in [-0.15, -0.1) is 11.6 Å². The van der Waals surface area contributed by atoms with Gasteiger partial charge < -0.3 is 9.47 Å². The van der Waals surface area contributed by atoms with Crippen molar-refractivity contribution in [2.24, 2.45) is 17.3 Å². The minimum absolute atomic E-state index is 0.00957. The van der Waals surface area contributed by atoms with Crippen molar-refractivity contribution in [3.63, 3.8) is 0 Å². The van der Waals surface area contributed by atoms with Crippen LogP contribution < -0.4 is 0 Å². The zero-order valence-corrected chi connectivity index (χ0v) is 42.3. The number of benzene rings is 4. The molecule has 3 unspecified atom stereocenters. The molecule has 4 aromatic rings. The van der Waals surface area contributed by atoms with Crippen molar-refractivity contribution in [1.82, 2.24) is 14.7 Å². The van der Waals surface area contributed by atoms with Crippen molar-refractivity contribution in [2.75, 3.05) is 58.4 Å². The van der Waals surface area contributed by atoms with Gasteiger partial charge in [0.25, 0.3) is 0 Å². The highest BCUT2D eigenvalue weighted by Crippen LogP contribution is 2.35. The lowest BCUT2D eigenvalue weighted by Crippen LogP contribution is -2.41. The molecule has 3 atom stereocenters. The Bertz CT molecular complexity index is 2070. The van der Waals surface area contributed by atoms with E-state index in [1.807, 2.05) is 72.8 Å². The van der Waals surface area contributed by atoms with Crippen LogP contribution in [0.5, 0.6) is 0 Å². The lowest BCUT2D eigenvalue weighted by atomic mass is 9.81. The van der Waals surface area contributed by atoms with E-state index in [2.05, 4.69) is 84.0 Å². The molecule has 3 saturated heterocycles. The first-order valence-corrected chi connectivity index (χ1v) is 25.3. The van der Waals surface area contributed by atoms with Gasteiger partial charge in [-0.2, -0.15) is 9.59 Å². The summed E-state index contributed by atoms with van der Waals surface area (Å²) in [5.41, 5.74) is 4.01. The van der Waals surface area contributed by atoms with Gasteiger partial charge in [0, 0.05) is 63.6 Å². The molecule has 3 aliphatic heterocycles. The van der Waals surface area contributed by atoms with E-state index in [1.54, 1.807) is 6.92 Å². The molecule has 3 heterocycles. The lowest BCUT2D eigenvalue weighted by molar-refractivity contribution is -0.191. The fraction of sp³-hybridized carbons (Fsp3) is 0.491. The highest BCUT2D eigenvalue weighted by Gasteiger charge is 2.52. The first-order chi connectivity index (χ1) is 33.5. The maximum absolute atomic E-state index is 12.6. The Morgan fingerprint density at radius 3 is 1.51 bits per heavy atom. The summed E-state index contributed by atoms with van der Waals surface area (Å²) in [5, 5.41) is 0. The van der Waals surface area contributed by atoms with Gasteiger partial charge >= 0.3 is 12.1 Å². The molecule has 12 heteroatoms. The van der Waals surface area contributed by atoms with Gasteiger partial charge in [-0.1, -0.05) is 168 Å². The van der Waals surface area contributed by atoms with E-state index in [4.69, 9.17) is 30.7 Å². The molecule has 0 N–H and O–H groups in total. The van der Waals surface area contributed by atoms with Crippen LogP contribution in [0, 0.1) is 17.3 Å². The third-order valence-corrected chi connectivity index (χ3v) is 12.6. The number of unbranched alkanes of at least 4 members (excludes halogenated alkanes) is 2. The second-order valence-electron chi connectivity index (χ2n) is 17.8. The monoisotopic (exact) mass is 966 g/mol. The number of hydrogen-bond donors (Lipinski definition) is 0. The van der Waals surface area contributed by atoms with Crippen molar-refractivity contribution in [3.8, 4) is 0 Å². The predicted molar refractivity (Wildman–Crippen MR) is 272 cm³/mol. The van der Waals surface area contributed by atoms with Gasteiger partial charge in [0.05, 0.1) is 32.8 Å². The Hall–Kier alpha value is -5.13. The molecular weight excluding hydrogens is 890 g/mol. The predicted octanol–water partition coefficient (Wildman–Crippen LogP) is 10.0. The summed E-state index contributed by atoms with van der Waals surface area (Å²) in [5.74, 6) is 1.75. The van der Waals surface area contributed by atoms with E-state index >= 15 is 0 Å². The molecule has 0 aromatic heterocycles. The van der Waals surface area contributed by atoms with E-state index in [1.165, 1.54) is 29.5 Å². The minimum atomic E-state index is -0.958. The van der Waals surface area contributed by atoms with Gasteiger partial charge in [0.2, 0.25) is 0 Å². The number of hydrogen-bond acceptors (Lipinski definition) is 11. The van der Waals surface area contributed by atoms with Crippen LogP contribution in [0.2, 0.25) is 0 Å². The largest absolute Gasteiger partial charge is 0.465 e. The topological polar surface area (TPSA) is 131 Å². The molecule has 11 nitrogen and oxygen atoms in total. The quantitative estimate of drug-likeness (QED) is 0.0363. The smallest absolute Gasteiger partial charge is 0.373 e. The fourth-order valence-corrected chi connectivity index (χ4v) is 8.75. The van der Waals surface area contributed by atoms with Crippen molar-refractivity contribution >= 4 is 41.1 Å². The maximum atomic E-state index is 12.6. The molecule has 3 aliphatic rings. The highest BCUT2D eigenvalue weighted by molar-refractivity contribution is 6.17. The fourth-order valence-electron chi connectivity index (χ4n) is 8.64. The van der Waals surface area contributed by atoms with E-state index < -0.39 is 5.41 Å². The number of halogens is 1. The Labute approximate surface area is 416 Å². The summed E-state index contributed by atoms with van der Waals surface area (Å²) >= 11 is 5.50. The van der Waals surface area contributed by atoms with Crippen LogP contribution in [0.1, 0.15) is 101 Å². The number of ketones is 3. The molecule has 7 rings (SSSR count). The second kappa shape index (κ2) is 34.2. The van der Waals surface area contributed by atoms with Gasteiger partial charge in [0.15, 0.2) is 17.3 Å². The van der Waals surface area contributed by atoms with Gasteiger partial charge in [0.1, 0.15) is 5.41 Å². The first-order valence-electron chi connectivity index (χ1n) is 24.8. The maximum Gasteiger partial charge on any atom is 0.373 e. The number of nitrogens with zero attached hydrogens (tertiary/aromatic N) is 3. The third kappa shape index (κ3) is 21.6. The zero-order valence-electron chi connectivity index (χ0n) is 41.5. The molecule has 0 bridgehead atoms. The number of rotatable bonds is 20. The molecule has 0 aliphatic carbocycles. The van der Waals surface area contributed by atoms with Crippen molar-refractivity contribution < 1.29 is 38.2 Å². The van der Waals surface area contributed by atoms with Crippen LogP contribution in [0.15, 0.2) is 121 Å². The number of carbonyl (C=O) groups is 4. The van der Waals surface area contributed by atoms with Crippen LogP contribution in [-0.4, -0.2) is 103 Å². The van der Waals surface area contributed by atoms with Crippen LogP contribution in [-0.2, 0) is 64.5 Å². The molecule has 3 fully saturated rings. The number of likely N-dealkylation sites (tertiary alicyclic amines) is 3. The molecule has 0 amide bonds. The number of ether oxygens (including phenoxy) is 2. The van der Waals surface area contributed by atoms with E-state index in [-0.39, 0.29) is 23.8 Å². The number of carbonyl (C=O) groups excluding carboxylic acids is 6. The average molecular weight is 967 g/mol. The number of alkyl halides is 1. The summed E-state index contributed by atoms with van der Waals surface area (Å²) < 4.78 is 10.6. The standard InChI is InChI=1S/C18H25NO3.C15H21NO.C13H17NO.C10H13ClO.CO2/c1-3-5-11-18(17(21)22-4-2)14-19(13-16(18)20)12-15-9-7-6-8-10-15;1-2-3-9-14-11-16(12-15(14)17)10-13-7-5-4-6-8-13;1-2-12-9-14(10-13(12)15)8-11-6-4-3-5-7-11;11-7-4-8-12-9-10-5-2-1-3-6-10;2-1-3/h6-10H,3-5,11-14H2,1-2H3;4-8,14H,2-3,9-12H2,1H3;3-7,12H,2,8-10H2,1H3;1-3,5-6H,4,7-9H2;. The van der Waals surface area contributed by atoms with E-state index in [9.17, 15) is 19.2 Å². The third-order valence-electron chi connectivity index (χ3n) is 12.3. The molecule has 0 radical (unpaired) electrons.